The quantitative estimate of drug-likeness (QED) is 0.806. The van der Waals surface area contributed by atoms with Gasteiger partial charge in [0.15, 0.2) is 11.5 Å². The molecule has 1 heterocycles. The lowest BCUT2D eigenvalue weighted by Crippen LogP contribution is -2.19. The van der Waals surface area contributed by atoms with Crippen LogP contribution in [0.5, 0.6) is 0 Å². The minimum atomic E-state index is -0.629. The summed E-state index contributed by atoms with van der Waals surface area (Å²) in [6, 6.07) is 0. The Balaban J connectivity index is 3.08. The second-order valence-electron chi connectivity index (χ2n) is 4.53. The molecule has 0 aliphatic carbocycles. The second-order valence-corrected chi connectivity index (χ2v) is 4.53. The van der Waals surface area contributed by atoms with Gasteiger partial charge in [0, 0.05) is 36.8 Å². The van der Waals surface area contributed by atoms with Crippen molar-refractivity contribution in [2.75, 3.05) is 7.05 Å². The van der Waals surface area contributed by atoms with E-state index < -0.39 is 5.91 Å². The smallest absolute Gasteiger partial charge is 0.271 e. The number of aliphatic imine (C=N–C) groups is 2. The summed E-state index contributed by atoms with van der Waals surface area (Å²) in [4.78, 5) is 28.0. The fraction of sp³-hybridized carbons (Fsp3) is 0.500. The molecule has 0 spiro atoms. The molecule has 0 bridgehead atoms. The Kier molecular flexibility index (Phi) is 5.96. The van der Waals surface area contributed by atoms with Crippen molar-refractivity contribution in [2.24, 2.45) is 21.6 Å². The molecule has 6 nitrogen and oxygen atoms in total. The lowest BCUT2D eigenvalue weighted by Gasteiger charge is -2.14. The van der Waals surface area contributed by atoms with Crippen molar-refractivity contribution >= 4 is 23.1 Å². The van der Waals surface area contributed by atoms with Gasteiger partial charge in [-0.1, -0.05) is 20.3 Å². The second kappa shape index (κ2) is 7.47. The molecule has 1 amide bonds. The molecule has 2 N–H and O–H groups in total. The minimum Gasteiger partial charge on any atom is -0.364 e. The lowest BCUT2D eigenvalue weighted by atomic mass is 9.97. The molecule has 1 atom stereocenters. The molecular weight excluding hydrogens is 254 g/mol. The van der Waals surface area contributed by atoms with Gasteiger partial charge in [0.1, 0.15) is 0 Å². The van der Waals surface area contributed by atoms with Crippen LogP contribution in [0.15, 0.2) is 22.4 Å². The van der Waals surface area contributed by atoms with Crippen molar-refractivity contribution in [3.63, 3.8) is 0 Å². The van der Waals surface area contributed by atoms with Crippen molar-refractivity contribution in [1.82, 2.24) is 9.97 Å². The maximum absolute atomic E-state index is 11.3. The Morgan fingerprint density at radius 1 is 1.40 bits per heavy atom. The molecule has 0 aromatic carbocycles. The van der Waals surface area contributed by atoms with Gasteiger partial charge in [-0.25, -0.2) is 15.0 Å². The number of carbonyl (C=O) groups excluding carboxylic acids is 1. The van der Waals surface area contributed by atoms with Crippen LogP contribution in [0.2, 0.25) is 0 Å². The highest BCUT2D eigenvalue weighted by Crippen LogP contribution is 2.16. The zero-order chi connectivity index (χ0) is 15.1. The fourth-order valence-electron chi connectivity index (χ4n) is 1.87. The topological polar surface area (TPSA) is 93.6 Å². The molecule has 1 aromatic rings. The van der Waals surface area contributed by atoms with E-state index in [1.165, 1.54) is 12.4 Å². The number of aromatic nitrogens is 2. The summed E-state index contributed by atoms with van der Waals surface area (Å²) in [5.74, 6) is -0.269. The van der Waals surface area contributed by atoms with Gasteiger partial charge in [-0.2, -0.15) is 0 Å². The summed E-state index contributed by atoms with van der Waals surface area (Å²) in [6.45, 7) is 6.04. The third-order valence-corrected chi connectivity index (χ3v) is 3.11. The number of hydrogen-bond acceptors (Lipinski definition) is 5. The van der Waals surface area contributed by atoms with E-state index in [0.717, 1.165) is 24.3 Å². The Hall–Kier alpha value is -2.11. The van der Waals surface area contributed by atoms with E-state index >= 15 is 0 Å². The number of nitrogens with two attached hydrogens (primary N) is 1. The van der Waals surface area contributed by atoms with Crippen LogP contribution in [0.25, 0.3) is 0 Å². The molecule has 108 valence electrons. The standard InChI is InChI=1S/C14H21N5O/c1-5-6-11(16-4)9(2)10(3)19-14-12(13(15)20)17-7-8-18-14/h7-9H,5-6H2,1-4H3,(H2,15,20). The van der Waals surface area contributed by atoms with Gasteiger partial charge >= 0.3 is 0 Å². The first-order valence-electron chi connectivity index (χ1n) is 6.62. The third kappa shape index (κ3) is 3.94. The van der Waals surface area contributed by atoms with Crippen molar-refractivity contribution < 1.29 is 4.79 Å². The molecule has 20 heavy (non-hydrogen) atoms. The van der Waals surface area contributed by atoms with Gasteiger partial charge in [-0.3, -0.25) is 9.79 Å². The Labute approximate surface area is 119 Å². The molecule has 0 radical (unpaired) electrons. The van der Waals surface area contributed by atoms with Gasteiger partial charge in [-0.15, -0.1) is 0 Å². The van der Waals surface area contributed by atoms with E-state index in [9.17, 15) is 4.79 Å². The average molecular weight is 275 g/mol. The summed E-state index contributed by atoms with van der Waals surface area (Å²) in [7, 11) is 1.78. The summed E-state index contributed by atoms with van der Waals surface area (Å²) in [5, 5.41) is 0. The van der Waals surface area contributed by atoms with Gasteiger partial charge < -0.3 is 5.73 Å². The Morgan fingerprint density at radius 3 is 2.60 bits per heavy atom. The Bertz CT molecular complexity index is 536. The first-order chi connectivity index (χ1) is 9.51. The summed E-state index contributed by atoms with van der Waals surface area (Å²) in [6.07, 6.45) is 4.87. The van der Waals surface area contributed by atoms with Crippen molar-refractivity contribution in [2.45, 2.75) is 33.6 Å². The van der Waals surface area contributed by atoms with Gasteiger partial charge in [-0.05, 0) is 13.3 Å². The van der Waals surface area contributed by atoms with Crippen molar-refractivity contribution in [3.05, 3.63) is 18.1 Å². The maximum atomic E-state index is 11.3. The molecule has 1 aromatic heterocycles. The molecule has 0 aliphatic heterocycles. The Morgan fingerprint density at radius 2 is 2.05 bits per heavy atom. The van der Waals surface area contributed by atoms with Crippen LogP contribution in [0, 0.1) is 5.92 Å². The van der Waals surface area contributed by atoms with E-state index in [-0.39, 0.29) is 17.4 Å². The predicted octanol–water partition coefficient (Wildman–Crippen LogP) is 2.17. The summed E-state index contributed by atoms with van der Waals surface area (Å²) < 4.78 is 0. The molecule has 1 unspecified atom stereocenters. The van der Waals surface area contributed by atoms with E-state index in [0.29, 0.717) is 0 Å². The molecule has 0 saturated carbocycles. The monoisotopic (exact) mass is 275 g/mol. The first-order valence-corrected chi connectivity index (χ1v) is 6.62. The number of carbonyl (C=O) groups is 1. The molecular formula is C14H21N5O. The van der Waals surface area contributed by atoms with Crippen molar-refractivity contribution in [1.29, 1.82) is 0 Å². The molecule has 1 rings (SSSR count). The first kappa shape index (κ1) is 15.9. The SMILES string of the molecule is CCCC(=NC)C(C)C(C)=Nc1nccnc1C(N)=O. The number of amides is 1. The van der Waals surface area contributed by atoms with Gasteiger partial charge in [0.2, 0.25) is 0 Å². The number of primary amides is 1. The molecule has 0 saturated heterocycles. The number of hydrogen-bond donors (Lipinski definition) is 1. The van der Waals surface area contributed by atoms with Crippen LogP contribution in [0.1, 0.15) is 44.1 Å². The van der Waals surface area contributed by atoms with Crippen molar-refractivity contribution in [3.8, 4) is 0 Å². The zero-order valence-electron chi connectivity index (χ0n) is 12.4. The molecule has 0 aliphatic rings. The predicted molar refractivity (Wildman–Crippen MR) is 80.7 cm³/mol. The van der Waals surface area contributed by atoms with Crippen LogP contribution in [0.4, 0.5) is 5.82 Å². The third-order valence-electron chi connectivity index (χ3n) is 3.11. The average Bonchev–Trinajstić information content (AvgIpc) is 2.44. The molecule has 6 heteroatoms. The largest absolute Gasteiger partial charge is 0.364 e. The summed E-state index contributed by atoms with van der Waals surface area (Å²) >= 11 is 0. The van der Waals surface area contributed by atoms with Gasteiger partial charge in [0.25, 0.3) is 5.91 Å². The highest BCUT2D eigenvalue weighted by Gasteiger charge is 2.15. The van der Waals surface area contributed by atoms with E-state index in [2.05, 4.69) is 26.9 Å². The van der Waals surface area contributed by atoms with E-state index in [1.807, 2.05) is 13.8 Å². The lowest BCUT2D eigenvalue weighted by molar-refractivity contribution is 0.0996. The highest BCUT2D eigenvalue weighted by atomic mass is 16.1. The zero-order valence-corrected chi connectivity index (χ0v) is 12.4. The van der Waals surface area contributed by atoms with Crippen LogP contribution in [0.3, 0.4) is 0 Å². The summed E-state index contributed by atoms with van der Waals surface area (Å²) in [5.41, 5.74) is 7.27. The highest BCUT2D eigenvalue weighted by molar-refractivity contribution is 6.07. The molecule has 0 fully saturated rings. The van der Waals surface area contributed by atoms with E-state index in [4.69, 9.17) is 5.73 Å². The van der Waals surface area contributed by atoms with Crippen LogP contribution >= 0.6 is 0 Å². The van der Waals surface area contributed by atoms with E-state index in [1.54, 1.807) is 7.05 Å². The van der Waals surface area contributed by atoms with Gasteiger partial charge in [0.05, 0.1) is 0 Å². The maximum Gasteiger partial charge on any atom is 0.271 e. The number of nitrogens with zero attached hydrogens (tertiary/aromatic N) is 4. The van der Waals surface area contributed by atoms with Crippen LogP contribution in [-0.4, -0.2) is 34.3 Å². The normalized spacial score (nSPS) is 14.2. The fourth-order valence-corrected chi connectivity index (χ4v) is 1.87. The van der Waals surface area contributed by atoms with Crippen LogP contribution < -0.4 is 5.73 Å². The van der Waals surface area contributed by atoms with Crippen LogP contribution in [-0.2, 0) is 0 Å². The minimum absolute atomic E-state index is 0.0875. The number of rotatable bonds is 6.